The predicted octanol–water partition coefficient (Wildman–Crippen LogP) is 2.57. The van der Waals surface area contributed by atoms with Crippen LogP contribution in [-0.4, -0.2) is 45.0 Å². The second-order valence-electron chi connectivity index (χ2n) is 9.44. The van der Waals surface area contributed by atoms with Gasteiger partial charge in [0.25, 0.3) is 5.56 Å². The first kappa shape index (κ1) is 23.5. The molecule has 0 aliphatic heterocycles. The molecule has 0 spiro atoms. The molecule has 1 saturated carbocycles. The second-order valence-corrected chi connectivity index (χ2v) is 9.44. The van der Waals surface area contributed by atoms with Crippen LogP contribution in [0.1, 0.15) is 67.2 Å². The van der Waals surface area contributed by atoms with E-state index >= 15 is 0 Å². The fraction of sp³-hybridized carbons (Fsp3) is 0.700. The quantitative estimate of drug-likeness (QED) is 0.679. The number of nitrogens with one attached hydrogen (secondary N) is 3. The number of rotatable bonds is 3. The zero-order valence-corrected chi connectivity index (χ0v) is 18.5. The molecule has 1 aliphatic rings. The first-order valence-corrected chi connectivity index (χ1v) is 10.1. The van der Waals surface area contributed by atoms with Crippen LogP contribution in [0.4, 0.5) is 15.3 Å². The Bertz CT molecular complexity index is 890. The van der Waals surface area contributed by atoms with Crippen molar-refractivity contribution in [2.75, 3.05) is 5.32 Å². The highest BCUT2D eigenvalue weighted by Crippen LogP contribution is 2.22. The molecule has 1 fully saturated rings. The van der Waals surface area contributed by atoms with E-state index in [9.17, 15) is 19.2 Å². The maximum absolute atomic E-state index is 12.3. The SMILES string of the molecule is CC(C)(C)OC(=O)N[C@H]1CCCC[C@H]1Nc1cn(C(=O)OC(C)(C)C)c(=O)[nH]c1=O. The molecule has 1 aliphatic carbocycles. The average molecular weight is 424 g/mol. The second kappa shape index (κ2) is 8.93. The number of aromatic amines is 1. The molecule has 0 radical (unpaired) electrons. The van der Waals surface area contributed by atoms with Crippen molar-refractivity contribution in [1.29, 1.82) is 0 Å². The van der Waals surface area contributed by atoms with Crippen LogP contribution in [0, 0.1) is 0 Å². The smallest absolute Gasteiger partial charge is 0.422 e. The third-order valence-corrected chi connectivity index (χ3v) is 4.34. The van der Waals surface area contributed by atoms with Gasteiger partial charge >= 0.3 is 17.9 Å². The minimum atomic E-state index is -0.890. The third kappa shape index (κ3) is 6.93. The summed E-state index contributed by atoms with van der Waals surface area (Å²) >= 11 is 0. The molecule has 10 heteroatoms. The average Bonchev–Trinajstić information content (AvgIpc) is 2.55. The van der Waals surface area contributed by atoms with Crippen LogP contribution >= 0.6 is 0 Å². The Morgan fingerprint density at radius 2 is 1.57 bits per heavy atom. The lowest BCUT2D eigenvalue weighted by Gasteiger charge is -2.33. The summed E-state index contributed by atoms with van der Waals surface area (Å²) in [6.45, 7) is 10.4. The van der Waals surface area contributed by atoms with Gasteiger partial charge in [0.1, 0.15) is 16.9 Å². The number of ether oxygens (including phenoxy) is 2. The van der Waals surface area contributed by atoms with Crippen LogP contribution in [0.5, 0.6) is 0 Å². The number of H-pyrrole nitrogens is 1. The van der Waals surface area contributed by atoms with Gasteiger partial charge in [0.2, 0.25) is 0 Å². The first-order valence-electron chi connectivity index (χ1n) is 10.1. The van der Waals surface area contributed by atoms with E-state index in [2.05, 4.69) is 15.6 Å². The van der Waals surface area contributed by atoms with E-state index in [0.29, 0.717) is 17.4 Å². The standard InChI is InChI=1S/C20H32N4O6/c1-19(2,3)29-17(27)22-13-10-8-7-9-12(13)21-14-11-24(16(26)23-15(14)25)18(28)30-20(4,5)6/h11-13,21H,7-10H2,1-6H3,(H,22,27)(H,23,25,26)/t12-,13+/m1/s1. The fourth-order valence-corrected chi connectivity index (χ4v) is 3.16. The summed E-state index contributed by atoms with van der Waals surface area (Å²) in [6.07, 6.45) is 2.95. The molecule has 30 heavy (non-hydrogen) atoms. The highest BCUT2D eigenvalue weighted by atomic mass is 16.6. The summed E-state index contributed by atoms with van der Waals surface area (Å²) in [4.78, 5) is 51.0. The van der Waals surface area contributed by atoms with E-state index in [1.54, 1.807) is 41.5 Å². The largest absolute Gasteiger partial charge is 0.444 e. The minimum absolute atomic E-state index is 0.0448. The zero-order chi connectivity index (χ0) is 22.7. The number of carbonyl (C=O) groups is 2. The van der Waals surface area contributed by atoms with Crippen molar-refractivity contribution >= 4 is 17.9 Å². The van der Waals surface area contributed by atoms with Gasteiger partial charge in [-0.25, -0.2) is 19.0 Å². The molecule has 1 amide bonds. The van der Waals surface area contributed by atoms with Gasteiger partial charge in [0, 0.05) is 12.2 Å². The van der Waals surface area contributed by atoms with Gasteiger partial charge in [-0.1, -0.05) is 12.8 Å². The molecule has 0 aromatic carbocycles. The molecule has 1 heterocycles. The van der Waals surface area contributed by atoms with Crippen molar-refractivity contribution in [1.82, 2.24) is 14.9 Å². The maximum atomic E-state index is 12.3. The maximum Gasteiger partial charge on any atom is 0.422 e. The number of carbonyl (C=O) groups excluding carboxylic acids is 2. The Balaban J connectivity index is 2.21. The molecular formula is C20H32N4O6. The Morgan fingerprint density at radius 3 is 2.13 bits per heavy atom. The molecule has 168 valence electrons. The molecule has 1 aromatic heterocycles. The number of nitrogens with zero attached hydrogens (tertiary/aromatic N) is 1. The zero-order valence-electron chi connectivity index (χ0n) is 18.5. The van der Waals surface area contributed by atoms with E-state index in [-0.39, 0.29) is 17.8 Å². The van der Waals surface area contributed by atoms with Gasteiger partial charge in [-0.15, -0.1) is 0 Å². The molecule has 2 rings (SSSR count). The number of hydrogen-bond donors (Lipinski definition) is 3. The summed E-state index contributed by atoms with van der Waals surface area (Å²) in [5.41, 5.74) is -2.91. The van der Waals surface area contributed by atoms with Crippen molar-refractivity contribution in [2.45, 2.75) is 90.5 Å². The van der Waals surface area contributed by atoms with Crippen molar-refractivity contribution < 1.29 is 19.1 Å². The Labute approximate surface area is 175 Å². The van der Waals surface area contributed by atoms with Gasteiger partial charge in [-0.05, 0) is 54.4 Å². The van der Waals surface area contributed by atoms with Crippen LogP contribution in [0.25, 0.3) is 0 Å². The third-order valence-electron chi connectivity index (χ3n) is 4.34. The Morgan fingerprint density at radius 1 is 1.00 bits per heavy atom. The minimum Gasteiger partial charge on any atom is -0.444 e. The van der Waals surface area contributed by atoms with Crippen LogP contribution < -0.4 is 21.9 Å². The number of anilines is 1. The topological polar surface area (TPSA) is 132 Å². The van der Waals surface area contributed by atoms with Crippen LogP contribution in [0.2, 0.25) is 0 Å². The monoisotopic (exact) mass is 424 g/mol. The summed E-state index contributed by atoms with van der Waals surface area (Å²) < 4.78 is 11.2. The van der Waals surface area contributed by atoms with Crippen LogP contribution in [0.3, 0.4) is 0 Å². The molecular weight excluding hydrogens is 392 g/mol. The molecule has 1 aromatic rings. The van der Waals surface area contributed by atoms with Crippen LogP contribution in [0.15, 0.2) is 15.8 Å². The fourth-order valence-electron chi connectivity index (χ4n) is 3.16. The van der Waals surface area contributed by atoms with Gasteiger partial charge < -0.3 is 20.1 Å². The normalized spacial score (nSPS) is 19.7. The highest BCUT2D eigenvalue weighted by molar-refractivity contribution is 5.71. The Kier molecular flexibility index (Phi) is 6.99. The first-order chi connectivity index (χ1) is 13.7. The van der Waals surface area contributed by atoms with E-state index in [1.807, 2.05) is 0 Å². The van der Waals surface area contributed by atoms with E-state index in [0.717, 1.165) is 19.0 Å². The van der Waals surface area contributed by atoms with Crippen molar-refractivity contribution in [3.63, 3.8) is 0 Å². The van der Waals surface area contributed by atoms with Crippen LogP contribution in [-0.2, 0) is 9.47 Å². The highest BCUT2D eigenvalue weighted by Gasteiger charge is 2.29. The van der Waals surface area contributed by atoms with E-state index < -0.39 is 34.6 Å². The van der Waals surface area contributed by atoms with Gasteiger partial charge in [-0.2, -0.15) is 0 Å². The number of aromatic nitrogens is 2. The van der Waals surface area contributed by atoms with E-state index in [1.165, 1.54) is 0 Å². The van der Waals surface area contributed by atoms with Crippen molar-refractivity contribution in [3.05, 3.63) is 27.0 Å². The lowest BCUT2D eigenvalue weighted by Crippen LogP contribution is -2.50. The molecule has 0 unspecified atom stereocenters. The summed E-state index contributed by atoms with van der Waals surface area (Å²) in [5, 5.41) is 5.92. The molecule has 10 nitrogen and oxygen atoms in total. The van der Waals surface area contributed by atoms with Crippen molar-refractivity contribution in [3.8, 4) is 0 Å². The predicted molar refractivity (Wildman–Crippen MR) is 112 cm³/mol. The number of alkyl carbamates (subject to hydrolysis) is 1. The number of amides is 1. The summed E-state index contributed by atoms with van der Waals surface area (Å²) in [5.74, 6) is 0. The van der Waals surface area contributed by atoms with E-state index in [4.69, 9.17) is 9.47 Å². The van der Waals surface area contributed by atoms with Gasteiger partial charge in [-0.3, -0.25) is 9.78 Å². The Hall–Kier alpha value is -2.78. The lowest BCUT2D eigenvalue weighted by atomic mass is 9.90. The summed E-state index contributed by atoms with van der Waals surface area (Å²) in [6, 6.07) is -0.535. The van der Waals surface area contributed by atoms with Gasteiger partial charge in [0.15, 0.2) is 0 Å². The molecule has 3 N–H and O–H groups in total. The molecule has 0 bridgehead atoms. The number of hydrogen-bond acceptors (Lipinski definition) is 7. The van der Waals surface area contributed by atoms with Crippen molar-refractivity contribution in [2.24, 2.45) is 0 Å². The summed E-state index contributed by atoms with van der Waals surface area (Å²) in [7, 11) is 0. The lowest BCUT2D eigenvalue weighted by molar-refractivity contribution is 0.0486. The molecule has 0 saturated heterocycles. The van der Waals surface area contributed by atoms with Gasteiger partial charge in [0.05, 0.1) is 6.04 Å². The molecule has 2 atom stereocenters.